The molecule has 1 heterocycles. The van der Waals surface area contributed by atoms with Crippen molar-refractivity contribution in [2.24, 2.45) is 11.7 Å². The quantitative estimate of drug-likeness (QED) is 0.866. The number of rotatable bonds is 5. The first-order valence-corrected chi connectivity index (χ1v) is 7.36. The van der Waals surface area contributed by atoms with Crippen LogP contribution in [-0.4, -0.2) is 35.0 Å². The van der Waals surface area contributed by atoms with Gasteiger partial charge in [-0.15, -0.1) is 0 Å². The number of aliphatic carboxylic acids is 1. The molecule has 1 unspecified atom stereocenters. The Labute approximate surface area is 124 Å². The number of hydrogen-bond acceptors (Lipinski definition) is 3. The highest BCUT2D eigenvalue weighted by atomic mass is 16.4. The van der Waals surface area contributed by atoms with E-state index in [9.17, 15) is 9.59 Å². The van der Waals surface area contributed by atoms with E-state index in [1.54, 1.807) is 4.90 Å². The van der Waals surface area contributed by atoms with Gasteiger partial charge in [0.15, 0.2) is 0 Å². The number of hydrogen-bond donors (Lipinski definition) is 2. The summed E-state index contributed by atoms with van der Waals surface area (Å²) >= 11 is 0. The molecule has 1 saturated heterocycles. The number of carbonyl (C=O) groups is 2. The molecular weight excluding hydrogens is 268 g/mol. The van der Waals surface area contributed by atoms with E-state index in [0.29, 0.717) is 19.5 Å². The molecule has 0 bridgehead atoms. The molecule has 5 nitrogen and oxygen atoms in total. The number of piperidine rings is 1. The lowest BCUT2D eigenvalue weighted by molar-refractivity contribution is -0.138. The number of carbonyl (C=O) groups excluding carboxylic acids is 1. The van der Waals surface area contributed by atoms with Gasteiger partial charge in [-0.25, -0.2) is 0 Å². The molecule has 0 saturated carbocycles. The lowest BCUT2D eigenvalue weighted by atomic mass is 9.93. The molecule has 0 aliphatic carbocycles. The fourth-order valence-electron chi connectivity index (χ4n) is 2.77. The molecule has 1 atom stereocenters. The Morgan fingerprint density at radius 2 is 1.86 bits per heavy atom. The Kier molecular flexibility index (Phi) is 5.33. The van der Waals surface area contributed by atoms with Crippen LogP contribution in [-0.2, 0) is 9.59 Å². The molecule has 1 aliphatic rings. The fourth-order valence-corrected chi connectivity index (χ4v) is 2.77. The number of likely N-dealkylation sites (tertiary alicyclic amines) is 1. The highest BCUT2D eigenvalue weighted by molar-refractivity contribution is 5.77. The van der Waals surface area contributed by atoms with Crippen LogP contribution in [0.4, 0.5) is 0 Å². The molecule has 21 heavy (non-hydrogen) atoms. The zero-order valence-electron chi connectivity index (χ0n) is 12.1. The van der Waals surface area contributed by atoms with Gasteiger partial charge in [-0.2, -0.15) is 0 Å². The van der Waals surface area contributed by atoms with Gasteiger partial charge in [-0.05, 0) is 24.3 Å². The number of carboxylic acids is 1. The highest BCUT2D eigenvalue weighted by Crippen LogP contribution is 2.22. The van der Waals surface area contributed by atoms with Crippen molar-refractivity contribution < 1.29 is 14.7 Å². The lowest BCUT2D eigenvalue weighted by Crippen LogP contribution is -2.40. The first kappa shape index (κ1) is 15.5. The largest absolute Gasteiger partial charge is 0.481 e. The maximum Gasteiger partial charge on any atom is 0.303 e. The maximum atomic E-state index is 12.2. The Bertz CT molecular complexity index is 482. The average molecular weight is 290 g/mol. The van der Waals surface area contributed by atoms with Crippen molar-refractivity contribution in [1.29, 1.82) is 0 Å². The van der Waals surface area contributed by atoms with Crippen LogP contribution in [0.25, 0.3) is 0 Å². The van der Waals surface area contributed by atoms with Crippen molar-refractivity contribution in [2.45, 2.75) is 31.7 Å². The van der Waals surface area contributed by atoms with Gasteiger partial charge in [-0.1, -0.05) is 30.3 Å². The Morgan fingerprint density at radius 1 is 1.24 bits per heavy atom. The fraction of sp³-hybridized carbons (Fsp3) is 0.500. The van der Waals surface area contributed by atoms with E-state index in [-0.39, 0.29) is 24.3 Å². The van der Waals surface area contributed by atoms with E-state index < -0.39 is 5.97 Å². The van der Waals surface area contributed by atoms with Crippen LogP contribution in [0.3, 0.4) is 0 Å². The summed E-state index contributed by atoms with van der Waals surface area (Å²) in [5.41, 5.74) is 7.04. The van der Waals surface area contributed by atoms with Gasteiger partial charge in [0.1, 0.15) is 0 Å². The zero-order valence-corrected chi connectivity index (χ0v) is 12.1. The Hall–Kier alpha value is -1.88. The molecule has 1 aliphatic heterocycles. The smallest absolute Gasteiger partial charge is 0.303 e. The van der Waals surface area contributed by atoms with Gasteiger partial charge >= 0.3 is 5.97 Å². The first-order chi connectivity index (χ1) is 10.1. The van der Waals surface area contributed by atoms with Crippen molar-refractivity contribution >= 4 is 11.9 Å². The predicted octanol–water partition coefficient (Wildman–Crippen LogP) is 1.79. The third-order valence-electron chi connectivity index (χ3n) is 4.05. The second kappa shape index (κ2) is 7.22. The number of nitrogens with two attached hydrogens (primary N) is 1. The van der Waals surface area contributed by atoms with E-state index in [4.69, 9.17) is 10.8 Å². The molecule has 0 radical (unpaired) electrons. The molecule has 1 aromatic rings. The summed E-state index contributed by atoms with van der Waals surface area (Å²) in [4.78, 5) is 24.7. The third kappa shape index (κ3) is 4.56. The second-order valence-corrected chi connectivity index (χ2v) is 5.64. The van der Waals surface area contributed by atoms with E-state index in [0.717, 1.165) is 18.4 Å². The monoisotopic (exact) mass is 290 g/mol. The van der Waals surface area contributed by atoms with Crippen molar-refractivity contribution in [2.75, 3.05) is 13.1 Å². The van der Waals surface area contributed by atoms with Crippen molar-refractivity contribution in [3.8, 4) is 0 Å². The summed E-state index contributed by atoms with van der Waals surface area (Å²) < 4.78 is 0. The van der Waals surface area contributed by atoms with Gasteiger partial charge in [-0.3, -0.25) is 9.59 Å². The highest BCUT2D eigenvalue weighted by Gasteiger charge is 2.25. The summed E-state index contributed by atoms with van der Waals surface area (Å²) in [5, 5.41) is 8.79. The van der Waals surface area contributed by atoms with Gasteiger partial charge in [0, 0.05) is 32.0 Å². The van der Waals surface area contributed by atoms with Crippen LogP contribution in [0.1, 0.15) is 37.3 Å². The molecule has 1 fully saturated rings. The third-order valence-corrected chi connectivity index (χ3v) is 4.05. The maximum absolute atomic E-state index is 12.2. The first-order valence-electron chi connectivity index (χ1n) is 7.36. The van der Waals surface area contributed by atoms with Gasteiger partial charge < -0.3 is 15.7 Å². The number of carboxylic acid groups (broad SMARTS) is 1. The molecule has 5 heteroatoms. The topological polar surface area (TPSA) is 83.6 Å². The summed E-state index contributed by atoms with van der Waals surface area (Å²) in [7, 11) is 0. The van der Waals surface area contributed by atoms with Crippen molar-refractivity contribution in [3.63, 3.8) is 0 Å². The van der Waals surface area contributed by atoms with Crippen LogP contribution in [0.5, 0.6) is 0 Å². The second-order valence-electron chi connectivity index (χ2n) is 5.64. The van der Waals surface area contributed by atoms with Crippen LogP contribution >= 0.6 is 0 Å². The Morgan fingerprint density at radius 3 is 2.43 bits per heavy atom. The van der Waals surface area contributed by atoms with E-state index in [1.165, 1.54) is 0 Å². The molecule has 1 aromatic carbocycles. The van der Waals surface area contributed by atoms with Crippen molar-refractivity contribution in [3.05, 3.63) is 35.9 Å². The van der Waals surface area contributed by atoms with Crippen LogP contribution < -0.4 is 5.73 Å². The molecule has 0 aromatic heterocycles. The molecule has 0 spiro atoms. The average Bonchev–Trinajstić information content (AvgIpc) is 2.48. The van der Waals surface area contributed by atoms with Crippen molar-refractivity contribution in [1.82, 2.24) is 4.90 Å². The molecule has 2 rings (SSSR count). The van der Waals surface area contributed by atoms with Gasteiger partial charge in [0.05, 0.1) is 0 Å². The van der Waals surface area contributed by atoms with Gasteiger partial charge in [0.2, 0.25) is 5.91 Å². The van der Waals surface area contributed by atoms with Crippen LogP contribution in [0.2, 0.25) is 0 Å². The van der Waals surface area contributed by atoms with Gasteiger partial charge in [0.25, 0.3) is 0 Å². The summed E-state index contributed by atoms with van der Waals surface area (Å²) in [6.45, 7) is 1.27. The standard InChI is InChI=1S/C16H22N2O3/c17-14(13-4-2-1-3-5-13)11-15(19)18-8-6-12(7-9-18)10-16(20)21/h1-5,12,14H,6-11,17H2,(H,20,21). The predicted molar refractivity (Wildman–Crippen MR) is 79.5 cm³/mol. The minimum absolute atomic E-state index is 0.0557. The normalized spacial score (nSPS) is 17.5. The Balaban J connectivity index is 1.81. The minimum Gasteiger partial charge on any atom is -0.481 e. The number of nitrogens with zero attached hydrogens (tertiary/aromatic N) is 1. The van der Waals surface area contributed by atoms with E-state index in [2.05, 4.69) is 0 Å². The van der Waals surface area contributed by atoms with E-state index in [1.807, 2.05) is 30.3 Å². The lowest BCUT2D eigenvalue weighted by Gasteiger charge is -2.32. The van der Waals surface area contributed by atoms with Crippen LogP contribution in [0, 0.1) is 5.92 Å². The summed E-state index contributed by atoms with van der Waals surface area (Å²) in [6, 6.07) is 9.32. The summed E-state index contributed by atoms with van der Waals surface area (Å²) in [6.07, 6.45) is 2.02. The SMILES string of the molecule is NC(CC(=O)N1CCC(CC(=O)O)CC1)c1ccccc1. The number of amides is 1. The number of benzene rings is 1. The molecule has 1 amide bonds. The summed E-state index contributed by atoms with van der Waals surface area (Å²) in [5.74, 6) is -0.514. The molecule has 114 valence electrons. The molecule has 3 N–H and O–H groups in total. The zero-order chi connectivity index (χ0) is 15.2. The molecular formula is C16H22N2O3. The van der Waals surface area contributed by atoms with Crippen LogP contribution in [0.15, 0.2) is 30.3 Å². The van der Waals surface area contributed by atoms with E-state index >= 15 is 0 Å². The minimum atomic E-state index is -0.758.